The Labute approximate surface area is 213 Å². The van der Waals surface area contributed by atoms with E-state index in [1.54, 1.807) is 17.3 Å². The van der Waals surface area contributed by atoms with Gasteiger partial charge in [0.05, 0.1) is 34.7 Å². The Bertz CT molecular complexity index is 1430. The molecule has 2 aliphatic rings. The molecule has 4 aromatic rings. The molecule has 0 spiro atoms. The Balaban J connectivity index is 1.51. The van der Waals surface area contributed by atoms with Gasteiger partial charge in [-0.05, 0) is 69.4 Å². The number of amides is 1. The molecule has 1 amide bonds. The first-order valence-electron chi connectivity index (χ1n) is 12.9. The van der Waals surface area contributed by atoms with E-state index in [0.717, 1.165) is 58.0 Å². The Morgan fingerprint density at radius 2 is 1.92 bits per heavy atom. The quantitative estimate of drug-likeness (QED) is 0.308. The van der Waals surface area contributed by atoms with Crippen molar-refractivity contribution >= 4 is 22.6 Å². The van der Waals surface area contributed by atoms with E-state index < -0.39 is 5.92 Å². The van der Waals surface area contributed by atoms with Crippen LogP contribution >= 0.6 is 0 Å². The lowest BCUT2D eigenvalue weighted by molar-refractivity contribution is -0.120. The minimum atomic E-state index is -2.63. The van der Waals surface area contributed by atoms with Crippen LogP contribution in [0.3, 0.4) is 0 Å². The second kappa shape index (κ2) is 9.04. The lowest BCUT2D eigenvalue weighted by atomic mass is 9.91. The van der Waals surface area contributed by atoms with E-state index in [1.807, 2.05) is 44.2 Å². The number of hydrogen-bond acceptors (Lipinski definition) is 5. The molecule has 0 radical (unpaired) electrons. The molecule has 1 atom stereocenters. The number of carbonyl (C=O) groups is 1. The summed E-state index contributed by atoms with van der Waals surface area (Å²) in [7, 11) is 0. The topological polar surface area (TPSA) is 77.1 Å². The molecular formula is C28H29F2N5O2. The third-order valence-corrected chi connectivity index (χ3v) is 7.76. The number of anilines is 1. The van der Waals surface area contributed by atoms with Gasteiger partial charge in [-0.1, -0.05) is 11.2 Å². The summed E-state index contributed by atoms with van der Waals surface area (Å²) in [4.78, 5) is 24.3. The van der Waals surface area contributed by atoms with Crippen molar-refractivity contribution in [2.24, 2.45) is 0 Å². The number of nitrogens with zero attached hydrogens (tertiary/aromatic N) is 5. The van der Waals surface area contributed by atoms with Gasteiger partial charge in [-0.25, -0.2) is 13.8 Å². The second-order valence-electron chi connectivity index (χ2n) is 10.2. The molecule has 0 unspecified atom stereocenters. The lowest BCUT2D eigenvalue weighted by Crippen LogP contribution is -2.40. The largest absolute Gasteiger partial charge is 0.361 e. The fourth-order valence-corrected chi connectivity index (χ4v) is 6.00. The summed E-state index contributed by atoms with van der Waals surface area (Å²) >= 11 is 0. The average molecular weight is 506 g/mol. The minimum absolute atomic E-state index is 0.0226. The standard InChI is InChI=1S/C28H29F2N5O2/c1-17-26(18(2)37-33-17)19-8-9-23-22(15-19)32-27(35(23)20-10-12-28(29,30)13-11-20)24-6-3-7-25(36)34(24)21-5-4-14-31-16-21/h4-5,8-9,14-16,20,24H,3,6-7,10-13H2,1-2H3/t24-/m0/s1. The predicted octanol–water partition coefficient (Wildman–Crippen LogP) is 6.71. The number of rotatable bonds is 4. The molecule has 4 heterocycles. The molecule has 1 aliphatic carbocycles. The van der Waals surface area contributed by atoms with Gasteiger partial charge in [0, 0.05) is 37.1 Å². The van der Waals surface area contributed by atoms with E-state index in [4.69, 9.17) is 9.51 Å². The highest BCUT2D eigenvalue weighted by molar-refractivity contribution is 5.95. The van der Waals surface area contributed by atoms with E-state index >= 15 is 0 Å². The number of aryl methyl sites for hydroxylation is 2. The first kappa shape index (κ1) is 23.8. The molecule has 0 N–H and O–H groups in total. The van der Waals surface area contributed by atoms with Crippen LogP contribution < -0.4 is 4.90 Å². The number of imidazole rings is 1. The maximum atomic E-state index is 14.1. The van der Waals surface area contributed by atoms with Crippen LogP contribution in [0.2, 0.25) is 0 Å². The monoisotopic (exact) mass is 505 g/mol. The van der Waals surface area contributed by atoms with Crippen molar-refractivity contribution in [2.75, 3.05) is 4.90 Å². The van der Waals surface area contributed by atoms with Crippen molar-refractivity contribution in [2.45, 2.75) is 76.8 Å². The summed E-state index contributed by atoms with van der Waals surface area (Å²) in [6.45, 7) is 3.78. The van der Waals surface area contributed by atoms with E-state index in [1.165, 1.54) is 0 Å². The molecule has 3 aromatic heterocycles. The molecule has 192 valence electrons. The summed E-state index contributed by atoms with van der Waals surface area (Å²) in [6.07, 6.45) is 5.75. The third kappa shape index (κ3) is 4.20. The highest BCUT2D eigenvalue weighted by Gasteiger charge is 2.39. The second-order valence-corrected chi connectivity index (χ2v) is 10.2. The van der Waals surface area contributed by atoms with Crippen LogP contribution in [0.1, 0.15) is 74.3 Å². The number of alkyl halides is 2. The Morgan fingerprint density at radius 1 is 1.11 bits per heavy atom. The van der Waals surface area contributed by atoms with Crippen molar-refractivity contribution in [3.05, 3.63) is 60.0 Å². The van der Waals surface area contributed by atoms with Crippen LogP contribution in [0.4, 0.5) is 14.5 Å². The van der Waals surface area contributed by atoms with Gasteiger partial charge < -0.3 is 14.0 Å². The maximum absolute atomic E-state index is 14.1. The van der Waals surface area contributed by atoms with Gasteiger partial charge in [0.1, 0.15) is 11.6 Å². The number of piperidine rings is 1. The van der Waals surface area contributed by atoms with Gasteiger partial charge in [-0.3, -0.25) is 9.78 Å². The van der Waals surface area contributed by atoms with Crippen LogP contribution in [0.15, 0.2) is 47.2 Å². The average Bonchev–Trinajstić information content (AvgIpc) is 3.43. The van der Waals surface area contributed by atoms with Crippen molar-refractivity contribution < 1.29 is 18.1 Å². The smallest absolute Gasteiger partial charge is 0.248 e. The van der Waals surface area contributed by atoms with E-state index in [-0.39, 0.29) is 30.8 Å². The molecular weight excluding hydrogens is 476 g/mol. The fraction of sp³-hybridized carbons (Fsp3) is 0.429. The summed E-state index contributed by atoms with van der Waals surface area (Å²) in [5.74, 6) is -1.13. The summed E-state index contributed by atoms with van der Waals surface area (Å²) < 4.78 is 35.7. The molecule has 2 fully saturated rings. The van der Waals surface area contributed by atoms with Gasteiger partial charge in [0.25, 0.3) is 0 Å². The highest BCUT2D eigenvalue weighted by atomic mass is 19.3. The van der Waals surface area contributed by atoms with Crippen LogP contribution in [-0.2, 0) is 4.79 Å². The van der Waals surface area contributed by atoms with Crippen LogP contribution in [0.25, 0.3) is 22.2 Å². The van der Waals surface area contributed by atoms with E-state index in [9.17, 15) is 13.6 Å². The minimum Gasteiger partial charge on any atom is -0.361 e. The lowest BCUT2D eigenvalue weighted by Gasteiger charge is -2.37. The zero-order valence-electron chi connectivity index (χ0n) is 21.0. The van der Waals surface area contributed by atoms with Crippen LogP contribution in [-0.4, -0.2) is 31.5 Å². The number of benzene rings is 1. The highest BCUT2D eigenvalue weighted by Crippen LogP contribution is 2.44. The molecule has 7 nitrogen and oxygen atoms in total. The van der Waals surface area contributed by atoms with Crippen molar-refractivity contribution in [3.63, 3.8) is 0 Å². The zero-order chi connectivity index (χ0) is 25.7. The molecule has 0 bridgehead atoms. The Hall–Kier alpha value is -3.62. The van der Waals surface area contributed by atoms with Crippen molar-refractivity contribution in [1.29, 1.82) is 0 Å². The number of carbonyl (C=O) groups excluding carboxylic acids is 1. The molecule has 9 heteroatoms. The van der Waals surface area contributed by atoms with Crippen LogP contribution in [0.5, 0.6) is 0 Å². The first-order valence-corrected chi connectivity index (χ1v) is 12.9. The maximum Gasteiger partial charge on any atom is 0.248 e. The first-order chi connectivity index (χ1) is 17.8. The fourth-order valence-electron chi connectivity index (χ4n) is 6.00. The Morgan fingerprint density at radius 3 is 2.62 bits per heavy atom. The molecule has 1 aromatic carbocycles. The van der Waals surface area contributed by atoms with Gasteiger partial charge in [-0.2, -0.15) is 0 Å². The van der Waals surface area contributed by atoms with Gasteiger partial charge in [0.2, 0.25) is 11.8 Å². The van der Waals surface area contributed by atoms with Gasteiger partial charge in [0.15, 0.2) is 0 Å². The van der Waals surface area contributed by atoms with E-state index in [0.29, 0.717) is 19.3 Å². The number of pyridine rings is 1. The predicted molar refractivity (Wildman–Crippen MR) is 135 cm³/mol. The normalized spacial score (nSPS) is 20.6. The number of hydrogen-bond donors (Lipinski definition) is 0. The number of halogens is 2. The molecule has 1 aliphatic heterocycles. The van der Waals surface area contributed by atoms with Gasteiger partial charge in [-0.15, -0.1) is 0 Å². The van der Waals surface area contributed by atoms with E-state index in [2.05, 4.69) is 14.7 Å². The molecule has 1 saturated heterocycles. The Kier molecular flexibility index (Phi) is 5.81. The molecule has 6 rings (SSSR count). The molecule has 1 saturated carbocycles. The zero-order valence-corrected chi connectivity index (χ0v) is 21.0. The number of fused-ring (bicyclic) bond motifs is 1. The summed E-state index contributed by atoms with van der Waals surface area (Å²) in [5.41, 5.74) is 5.06. The summed E-state index contributed by atoms with van der Waals surface area (Å²) in [6, 6.07) is 9.32. The van der Waals surface area contributed by atoms with Gasteiger partial charge >= 0.3 is 0 Å². The summed E-state index contributed by atoms with van der Waals surface area (Å²) in [5, 5.41) is 4.09. The van der Waals surface area contributed by atoms with Crippen molar-refractivity contribution in [1.82, 2.24) is 19.7 Å². The molecule has 37 heavy (non-hydrogen) atoms. The van der Waals surface area contributed by atoms with Crippen LogP contribution in [0, 0.1) is 13.8 Å². The third-order valence-electron chi connectivity index (χ3n) is 7.76. The SMILES string of the molecule is Cc1noc(C)c1-c1ccc2c(c1)nc([C@@H]1CCCC(=O)N1c1cccnc1)n2C1CCC(F)(F)CC1. The number of aromatic nitrogens is 4. The van der Waals surface area contributed by atoms with Crippen molar-refractivity contribution in [3.8, 4) is 11.1 Å².